The van der Waals surface area contributed by atoms with Crippen LogP contribution in [0.15, 0.2) is 61.2 Å². The van der Waals surface area contributed by atoms with Gasteiger partial charge in [-0.25, -0.2) is 15.0 Å². The van der Waals surface area contributed by atoms with Crippen molar-refractivity contribution in [1.82, 2.24) is 19.9 Å². The highest BCUT2D eigenvalue weighted by Crippen LogP contribution is 2.29. The summed E-state index contributed by atoms with van der Waals surface area (Å²) in [4.78, 5) is 17.5. The van der Waals surface area contributed by atoms with Crippen LogP contribution in [0.4, 0.5) is 17.5 Å². The van der Waals surface area contributed by atoms with Crippen molar-refractivity contribution in [2.45, 2.75) is 13.3 Å². The fourth-order valence-corrected chi connectivity index (χ4v) is 2.91. The average molecular weight is 342 g/mol. The van der Waals surface area contributed by atoms with Gasteiger partial charge in [0, 0.05) is 35.7 Å². The molecule has 0 saturated carbocycles. The second-order valence-electron chi connectivity index (χ2n) is 5.91. The molecule has 0 radical (unpaired) electrons. The first-order valence-electron chi connectivity index (χ1n) is 8.42. The standard InChI is InChI=1S/C20H18N6/c1-2-13-6-8-22-11-15(13)17-9-14-10-19(24-12-16(14)20(21)25-17)26-18-5-3-4-7-23-18/h3-12H,2H2,1H3,(H2,21,25)(H,23,24,26). The number of rotatable bonds is 4. The number of nitrogens with zero attached hydrogens (tertiary/aromatic N) is 4. The molecule has 0 spiro atoms. The van der Waals surface area contributed by atoms with Crippen molar-refractivity contribution >= 4 is 28.2 Å². The second kappa shape index (κ2) is 6.76. The summed E-state index contributed by atoms with van der Waals surface area (Å²) in [5, 5.41) is 4.99. The average Bonchev–Trinajstić information content (AvgIpc) is 2.68. The van der Waals surface area contributed by atoms with Crippen molar-refractivity contribution in [1.29, 1.82) is 0 Å². The van der Waals surface area contributed by atoms with E-state index in [2.05, 4.69) is 32.2 Å². The molecule has 0 amide bonds. The number of nitrogen functional groups attached to an aromatic ring is 1. The van der Waals surface area contributed by atoms with Crippen LogP contribution in [0.25, 0.3) is 22.0 Å². The van der Waals surface area contributed by atoms with Crippen LogP contribution >= 0.6 is 0 Å². The van der Waals surface area contributed by atoms with Gasteiger partial charge in [0.1, 0.15) is 17.5 Å². The molecule has 0 aliphatic rings. The number of aryl methyl sites for hydroxylation is 1. The molecule has 0 atom stereocenters. The number of pyridine rings is 4. The number of anilines is 3. The second-order valence-corrected chi connectivity index (χ2v) is 5.91. The topological polar surface area (TPSA) is 89.6 Å². The summed E-state index contributed by atoms with van der Waals surface area (Å²) in [5.74, 6) is 1.90. The van der Waals surface area contributed by atoms with Crippen LogP contribution in [-0.2, 0) is 6.42 Å². The van der Waals surface area contributed by atoms with Gasteiger partial charge >= 0.3 is 0 Å². The van der Waals surface area contributed by atoms with Gasteiger partial charge in [0.05, 0.1) is 5.69 Å². The van der Waals surface area contributed by atoms with Gasteiger partial charge in [-0.1, -0.05) is 13.0 Å². The molecule has 0 bridgehead atoms. The van der Waals surface area contributed by atoms with E-state index in [1.807, 2.05) is 42.6 Å². The Hall–Kier alpha value is -3.54. The smallest absolute Gasteiger partial charge is 0.133 e. The fourth-order valence-electron chi connectivity index (χ4n) is 2.91. The van der Waals surface area contributed by atoms with E-state index in [9.17, 15) is 0 Å². The van der Waals surface area contributed by atoms with E-state index in [-0.39, 0.29) is 0 Å². The van der Waals surface area contributed by atoms with Gasteiger partial charge in [0.25, 0.3) is 0 Å². The minimum atomic E-state index is 0.459. The third kappa shape index (κ3) is 3.04. The quantitative estimate of drug-likeness (QED) is 0.583. The molecule has 0 fully saturated rings. The molecule has 4 heterocycles. The van der Waals surface area contributed by atoms with E-state index in [0.29, 0.717) is 11.6 Å². The fraction of sp³-hybridized carbons (Fsp3) is 0.100. The molecule has 0 aromatic carbocycles. The van der Waals surface area contributed by atoms with E-state index in [1.165, 1.54) is 5.56 Å². The van der Waals surface area contributed by atoms with E-state index >= 15 is 0 Å². The summed E-state index contributed by atoms with van der Waals surface area (Å²) in [5.41, 5.74) is 9.19. The highest BCUT2D eigenvalue weighted by molar-refractivity contribution is 5.94. The predicted molar refractivity (Wildman–Crippen MR) is 104 cm³/mol. The summed E-state index contributed by atoms with van der Waals surface area (Å²) in [6, 6.07) is 11.7. The number of aromatic nitrogens is 4. The Bertz CT molecular complexity index is 1060. The highest BCUT2D eigenvalue weighted by Gasteiger charge is 2.10. The molecule has 26 heavy (non-hydrogen) atoms. The van der Waals surface area contributed by atoms with Crippen molar-refractivity contribution in [3.05, 3.63) is 66.7 Å². The Morgan fingerprint density at radius 3 is 2.73 bits per heavy atom. The van der Waals surface area contributed by atoms with Crippen molar-refractivity contribution in [2.24, 2.45) is 0 Å². The molecule has 6 heteroatoms. The monoisotopic (exact) mass is 342 g/mol. The van der Waals surface area contributed by atoms with Gasteiger partial charge in [-0.2, -0.15) is 0 Å². The van der Waals surface area contributed by atoms with Gasteiger partial charge in [0.15, 0.2) is 0 Å². The molecule has 128 valence electrons. The van der Waals surface area contributed by atoms with Crippen molar-refractivity contribution in [2.75, 3.05) is 11.1 Å². The Morgan fingerprint density at radius 1 is 1.00 bits per heavy atom. The number of fused-ring (bicyclic) bond motifs is 1. The number of hydrogen-bond acceptors (Lipinski definition) is 6. The van der Waals surface area contributed by atoms with E-state index in [0.717, 1.165) is 34.3 Å². The first-order valence-corrected chi connectivity index (χ1v) is 8.42. The lowest BCUT2D eigenvalue weighted by Crippen LogP contribution is -1.99. The normalized spacial score (nSPS) is 10.8. The van der Waals surface area contributed by atoms with E-state index in [4.69, 9.17) is 5.73 Å². The molecule has 0 aliphatic heterocycles. The van der Waals surface area contributed by atoms with Crippen molar-refractivity contribution in [3.8, 4) is 11.3 Å². The number of nitrogens with two attached hydrogens (primary N) is 1. The third-order valence-electron chi connectivity index (χ3n) is 4.23. The minimum Gasteiger partial charge on any atom is -0.383 e. The van der Waals surface area contributed by atoms with Crippen LogP contribution in [0.1, 0.15) is 12.5 Å². The largest absolute Gasteiger partial charge is 0.383 e. The van der Waals surface area contributed by atoms with Crippen molar-refractivity contribution in [3.63, 3.8) is 0 Å². The zero-order valence-electron chi connectivity index (χ0n) is 14.3. The van der Waals surface area contributed by atoms with Crippen LogP contribution < -0.4 is 11.1 Å². The molecule has 4 aromatic rings. The van der Waals surface area contributed by atoms with Gasteiger partial charge in [-0.05, 0) is 47.7 Å². The van der Waals surface area contributed by atoms with Gasteiger partial charge in [-0.15, -0.1) is 0 Å². The molecule has 3 N–H and O–H groups in total. The zero-order chi connectivity index (χ0) is 17.9. The maximum absolute atomic E-state index is 6.18. The molecule has 4 aromatic heterocycles. The Balaban J connectivity index is 1.79. The first-order chi connectivity index (χ1) is 12.7. The van der Waals surface area contributed by atoms with Gasteiger partial charge in [-0.3, -0.25) is 4.98 Å². The Morgan fingerprint density at radius 2 is 1.92 bits per heavy atom. The van der Waals surface area contributed by atoms with Crippen LogP contribution in [0.2, 0.25) is 0 Å². The van der Waals surface area contributed by atoms with Gasteiger partial charge < -0.3 is 11.1 Å². The molecule has 4 rings (SSSR count). The highest BCUT2D eigenvalue weighted by atomic mass is 15.0. The summed E-state index contributed by atoms with van der Waals surface area (Å²) in [6.45, 7) is 2.11. The van der Waals surface area contributed by atoms with E-state index < -0.39 is 0 Å². The predicted octanol–water partition coefficient (Wildman–Crippen LogP) is 3.98. The molecular formula is C20H18N6. The van der Waals surface area contributed by atoms with E-state index in [1.54, 1.807) is 18.6 Å². The number of hydrogen-bond donors (Lipinski definition) is 2. The third-order valence-corrected chi connectivity index (χ3v) is 4.23. The molecule has 0 saturated heterocycles. The SMILES string of the molecule is CCc1ccncc1-c1cc2cc(Nc3ccccn3)ncc2c(N)n1. The molecular weight excluding hydrogens is 324 g/mol. The van der Waals surface area contributed by atoms with Crippen LogP contribution in [0.5, 0.6) is 0 Å². The first kappa shape index (κ1) is 16.0. The molecule has 0 aliphatic carbocycles. The maximum atomic E-state index is 6.18. The van der Waals surface area contributed by atoms with Gasteiger partial charge in [0.2, 0.25) is 0 Å². The lowest BCUT2D eigenvalue weighted by molar-refractivity contribution is 1.11. The summed E-state index contributed by atoms with van der Waals surface area (Å²) < 4.78 is 0. The van der Waals surface area contributed by atoms with Crippen molar-refractivity contribution < 1.29 is 0 Å². The zero-order valence-corrected chi connectivity index (χ0v) is 14.3. The Kier molecular flexibility index (Phi) is 4.15. The number of nitrogens with one attached hydrogen (secondary N) is 1. The summed E-state index contributed by atoms with van der Waals surface area (Å²) in [7, 11) is 0. The maximum Gasteiger partial charge on any atom is 0.133 e. The summed E-state index contributed by atoms with van der Waals surface area (Å²) in [6.07, 6.45) is 8.00. The lowest BCUT2D eigenvalue weighted by Gasteiger charge is -2.11. The molecule has 6 nitrogen and oxygen atoms in total. The van der Waals surface area contributed by atoms with Crippen LogP contribution in [-0.4, -0.2) is 19.9 Å². The van der Waals surface area contributed by atoms with Crippen LogP contribution in [0.3, 0.4) is 0 Å². The lowest BCUT2D eigenvalue weighted by atomic mass is 10.0. The minimum absolute atomic E-state index is 0.459. The van der Waals surface area contributed by atoms with Crippen LogP contribution in [0, 0.1) is 0 Å². The summed E-state index contributed by atoms with van der Waals surface area (Å²) >= 11 is 0. The molecule has 0 unspecified atom stereocenters. The Labute approximate surface area is 151 Å².